The number of halogens is 2. The van der Waals surface area contributed by atoms with Gasteiger partial charge in [-0.1, -0.05) is 41.9 Å². The van der Waals surface area contributed by atoms with Crippen molar-refractivity contribution < 1.29 is 9.18 Å². The lowest BCUT2D eigenvalue weighted by Crippen LogP contribution is -2.37. The van der Waals surface area contributed by atoms with E-state index in [9.17, 15) is 9.18 Å². The SMILES string of the molecule is O=C(c1ccn(-c2ccccc2F)n1)N1CCCC1Cc1ccccc1Cl. The smallest absolute Gasteiger partial charge is 0.274 e. The van der Waals surface area contributed by atoms with E-state index in [2.05, 4.69) is 5.10 Å². The lowest BCUT2D eigenvalue weighted by Gasteiger charge is -2.24. The van der Waals surface area contributed by atoms with Crippen LogP contribution < -0.4 is 0 Å². The van der Waals surface area contributed by atoms with E-state index < -0.39 is 0 Å². The molecule has 0 saturated carbocycles. The van der Waals surface area contributed by atoms with Gasteiger partial charge in [0.15, 0.2) is 5.69 Å². The first kappa shape index (κ1) is 17.7. The molecular formula is C21H19ClFN3O. The van der Waals surface area contributed by atoms with Crippen LogP contribution in [-0.2, 0) is 6.42 Å². The summed E-state index contributed by atoms with van der Waals surface area (Å²) < 4.78 is 15.4. The molecule has 1 atom stereocenters. The Morgan fingerprint density at radius 1 is 1.15 bits per heavy atom. The number of amides is 1. The number of nitrogens with zero attached hydrogens (tertiary/aromatic N) is 3. The Morgan fingerprint density at radius 2 is 1.93 bits per heavy atom. The summed E-state index contributed by atoms with van der Waals surface area (Å²) in [5.74, 6) is -0.503. The maximum absolute atomic E-state index is 14.0. The molecule has 0 N–H and O–H groups in total. The monoisotopic (exact) mass is 383 g/mol. The fourth-order valence-corrected chi connectivity index (χ4v) is 3.80. The quantitative estimate of drug-likeness (QED) is 0.664. The van der Waals surface area contributed by atoms with Gasteiger partial charge < -0.3 is 4.90 Å². The van der Waals surface area contributed by atoms with E-state index in [0.29, 0.717) is 17.9 Å². The molecule has 1 fully saturated rings. The predicted molar refractivity (Wildman–Crippen MR) is 103 cm³/mol. The number of benzene rings is 2. The van der Waals surface area contributed by atoms with Crippen LogP contribution in [0.5, 0.6) is 0 Å². The Balaban J connectivity index is 1.54. The van der Waals surface area contributed by atoms with Gasteiger partial charge in [-0.15, -0.1) is 0 Å². The molecule has 0 aliphatic carbocycles. The summed E-state index contributed by atoms with van der Waals surface area (Å²) in [6.07, 6.45) is 4.23. The first-order valence-electron chi connectivity index (χ1n) is 8.98. The van der Waals surface area contributed by atoms with Crippen molar-refractivity contribution in [1.82, 2.24) is 14.7 Å². The fraction of sp³-hybridized carbons (Fsp3) is 0.238. The molecular weight excluding hydrogens is 365 g/mol. The van der Waals surface area contributed by atoms with Crippen LogP contribution >= 0.6 is 11.6 Å². The third kappa shape index (κ3) is 3.60. The van der Waals surface area contributed by atoms with Gasteiger partial charge in [0.2, 0.25) is 0 Å². The molecule has 1 aliphatic rings. The van der Waals surface area contributed by atoms with Crippen LogP contribution in [0.15, 0.2) is 60.8 Å². The highest BCUT2D eigenvalue weighted by atomic mass is 35.5. The largest absolute Gasteiger partial charge is 0.334 e. The average molecular weight is 384 g/mol. The van der Waals surface area contributed by atoms with Gasteiger partial charge in [-0.2, -0.15) is 5.10 Å². The number of para-hydroxylation sites is 1. The van der Waals surface area contributed by atoms with Gasteiger partial charge in [0.25, 0.3) is 5.91 Å². The zero-order valence-electron chi connectivity index (χ0n) is 14.7. The summed E-state index contributed by atoms with van der Waals surface area (Å²) in [5.41, 5.74) is 1.69. The molecule has 2 aromatic carbocycles. The molecule has 0 spiro atoms. The zero-order chi connectivity index (χ0) is 18.8. The fourth-order valence-electron chi connectivity index (χ4n) is 3.59. The Bertz CT molecular complexity index is 971. The van der Waals surface area contributed by atoms with Gasteiger partial charge in [0.1, 0.15) is 11.5 Å². The van der Waals surface area contributed by atoms with Crippen molar-refractivity contribution >= 4 is 17.5 Å². The number of hydrogen-bond donors (Lipinski definition) is 0. The van der Waals surface area contributed by atoms with Crippen molar-refractivity contribution in [1.29, 1.82) is 0 Å². The molecule has 4 rings (SSSR count). The number of carbonyl (C=O) groups is 1. The van der Waals surface area contributed by atoms with E-state index in [1.807, 2.05) is 29.2 Å². The highest BCUT2D eigenvalue weighted by Gasteiger charge is 2.31. The second-order valence-electron chi connectivity index (χ2n) is 6.69. The lowest BCUT2D eigenvalue weighted by atomic mass is 10.0. The van der Waals surface area contributed by atoms with Gasteiger partial charge in [-0.3, -0.25) is 4.79 Å². The summed E-state index contributed by atoms with van der Waals surface area (Å²) in [7, 11) is 0. The molecule has 0 bridgehead atoms. The maximum atomic E-state index is 14.0. The molecule has 1 aromatic heterocycles. The Morgan fingerprint density at radius 3 is 2.74 bits per heavy atom. The summed E-state index contributed by atoms with van der Waals surface area (Å²) in [6.45, 7) is 0.695. The predicted octanol–water partition coefficient (Wildman–Crippen LogP) is 4.51. The molecule has 2 heterocycles. The van der Waals surface area contributed by atoms with Gasteiger partial charge in [-0.05, 0) is 49.1 Å². The van der Waals surface area contributed by atoms with Crippen molar-refractivity contribution in [2.45, 2.75) is 25.3 Å². The van der Waals surface area contributed by atoms with Crippen molar-refractivity contribution in [3.63, 3.8) is 0 Å². The first-order chi connectivity index (χ1) is 13.1. The van der Waals surface area contributed by atoms with Crippen molar-refractivity contribution in [2.75, 3.05) is 6.54 Å². The van der Waals surface area contributed by atoms with Gasteiger partial charge in [0.05, 0.1) is 0 Å². The van der Waals surface area contributed by atoms with E-state index in [-0.39, 0.29) is 17.8 Å². The minimum atomic E-state index is -0.377. The molecule has 0 radical (unpaired) electrons. The van der Waals surface area contributed by atoms with Gasteiger partial charge in [-0.25, -0.2) is 9.07 Å². The second-order valence-corrected chi connectivity index (χ2v) is 7.09. The van der Waals surface area contributed by atoms with Crippen molar-refractivity contribution in [2.24, 2.45) is 0 Å². The van der Waals surface area contributed by atoms with Crippen LogP contribution in [0, 0.1) is 5.82 Å². The second kappa shape index (κ2) is 7.53. The van der Waals surface area contributed by atoms with E-state index in [1.54, 1.807) is 30.5 Å². The number of rotatable bonds is 4. The zero-order valence-corrected chi connectivity index (χ0v) is 15.4. The Kier molecular flexibility index (Phi) is 4.94. The van der Waals surface area contributed by atoms with Gasteiger partial charge >= 0.3 is 0 Å². The number of hydrogen-bond acceptors (Lipinski definition) is 2. The topological polar surface area (TPSA) is 38.1 Å². The molecule has 3 aromatic rings. The molecule has 1 saturated heterocycles. The first-order valence-corrected chi connectivity index (χ1v) is 9.36. The summed E-state index contributed by atoms with van der Waals surface area (Å²) in [5, 5.41) is 5.03. The van der Waals surface area contributed by atoms with Crippen LogP contribution in [0.25, 0.3) is 5.69 Å². The average Bonchev–Trinajstić information content (AvgIpc) is 3.33. The number of carbonyl (C=O) groups excluding carboxylic acids is 1. The normalized spacial score (nSPS) is 16.7. The van der Waals surface area contributed by atoms with Crippen LogP contribution in [0.4, 0.5) is 4.39 Å². The van der Waals surface area contributed by atoms with Crippen LogP contribution in [-0.4, -0.2) is 33.2 Å². The van der Waals surface area contributed by atoms with E-state index >= 15 is 0 Å². The van der Waals surface area contributed by atoms with E-state index in [4.69, 9.17) is 11.6 Å². The minimum absolute atomic E-state index is 0.0935. The third-order valence-corrected chi connectivity index (χ3v) is 5.33. The summed E-state index contributed by atoms with van der Waals surface area (Å²) >= 11 is 6.28. The molecule has 4 nitrogen and oxygen atoms in total. The molecule has 27 heavy (non-hydrogen) atoms. The molecule has 1 amide bonds. The van der Waals surface area contributed by atoms with Crippen LogP contribution in [0.1, 0.15) is 28.9 Å². The summed E-state index contributed by atoms with van der Waals surface area (Å²) in [4.78, 5) is 14.8. The third-order valence-electron chi connectivity index (χ3n) is 4.96. The molecule has 6 heteroatoms. The van der Waals surface area contributed by atoms with E-state index in [1.165, 1.54) is 10.7 Å². The highest BCUT2D eigenvalue weighted by molar-refractivity contribution is 6.31. The van der Waals surface area contributed by atoms with E-state index in [0.717, 1.165) is 29.8 Å². The lowest BCUT2D eigenvalue weighted by molar-refractivity contribution is 0.0730. The minimum Gasteiger partial charge on any atom is -0.334 e. The number of aromatic nitrogens is 2. The molecule has 1 unspecified atom stereocenters. The molecule has 138 valence electrons. The van der Waals surface area contributed by atoms with Crippen molar-refractivity contribution in [3.05, 3.63) is 82.9 Å². The van der Waals surface area contributed by atoms with Crippen LogP contribution in [0.2, 0.25) is 5.02 Å². The standard InChI is InChI=1S/C21H19ClFN3O/c22-17-8-2-1-6-15(17)14-16-7-5-12-25(16)21(27)19-11-13-26(24-19)20-10-4-3-9-18(20)23/h1-4,6,8-11,13,16H,5,7,12,14H2. The Hall–Kier alpha value is -2.66. The van der Waals surface area contributed by atoms with Crippen LogP contribution in [0.3, 0.4) is 0 Å². The summed E-state index contributed by atoms with van der Waals surface area (Å²) in [6, 6.07) is 15.8. The number of likely N-dealkylation sites (tertiary alicyclic amines) is 1. The van der Waals surface area contributed by atoms with Gasteiger partial charge in [0, 0.05) is 23.8 Å². The van der Waals surface area contributed by atoms with Crippen molar-refractivity contribution in [3.8, 4) is 5.69 Å². The highest BCUT2D eigenvalue weighted by Crippen LogP contribution is 2.26. The Labute approximate surface area is 162 Å². The maximum Gasteiger partial charge on any atom is 0.274 e. The molecule has 1 aliphatic heterocycles.